The summed E-state index contributed by atoms with van der Waals surface area (Å²) in [5.41, 5.74) is 9.38. The van der Waals surface area contributed by atoms with Crippen LogP contribution in [0.25, 0.3) is 17.1 Å². The van der Waals surface area contributed by atoms with Gasteiger partial charge < -0.3 is 10.5 Å². The number of tetrazole rings is 1. The third kappa shape index (κ3) is 2.43. The van der Waals surface area contributed by atoms with E-state index in [9.17, 15) is 0 Å². The second-order valence-corrected chi connectivity index (χ2v) is 4.68. The number of nitrogens with two attached hydrogens (primary N) is 1. The van der Waals surface area contributed by atoms with Gasteiger partial charge in [-0.05, 0) is 65.4 Å². The smallest absolute Gasteiger partial charge is 0.187 e. The molecule has 0 spiro atoms. The second kappa shape index (κ2) is 5.24. The molecule has 3 aromatic rings. The van der Waals surface area contributed by atoms with Gasteiger partial charge in [0.1, 0.15) is 5.75 Å². The van der Waals surface area contributed by atoms with E-state index in [2.05, 4.69) is 15.5 Å². The molecule has 0 bridgehead atoms. The van der Waals surface area contributed by atoms with E-state index in [1.807, 2.05) is 49.4 Å². The molecule has 1 aromatic heterocycles. The van der Waals surface area contributed by atoms with Crippen LogP contribution in [0.3, 0.4) is 0 Å². The minimum absolute atomic E-state index is 0.670. The Hall–Kier alpha value is -2.89. The van der Waals surface area contributed by atoms with Crippen molar-refractivity contribution < 1.29 is 4.74 Å². The molecule has 0 amide bonds. The van der Waals surface area contributed by atoms with Crippen molar-refractivity contribution in [3.8, 4) is 22.8 Å². The van der Waals surface area contributed by atoms with E-state index in [1.54, 1.807) is 11.8 Å². The Balaban J connectivity index is 2.05. The number of benzene rings is 2. The van der Waals surface area contributed by atoms with Crippen LogP contribution in [-0.2, 0) is 0 Å². The third-order valence-corrected chi connectivity index (χ3v) is 3.31. The Morgan fingerprint density at radius 3 is 2.52 bits per heavy atom. The molecule has 6 nitrogen and oxygen atoms in total. The number of hydrogen-bond donors (Lipinski definition) is 1. The lowest BCUT2D eigenvalue weighted by Gasteiger charge is -2.07. The van der Waals surface area contributed by atoms with Gasteiger partial charge in [0, 0.05) is 11.3 Å². The number of ether oxygens (including phenoxy) is 1. The quantitative estimate of drug-likeness (QED) is 0.745. The summed E-state index contributed by atoms with van der Waals surface area (Å²) < 4.78 is 6.84. The predicted octanol–water partition coefficient (Wildman–Crippen LogP) is 2.23. The highest BCUT2D eigenvalue weighted by molar-refractivity contribution is 5.63. The summed E-state index contributed by atoms with van der Waals surface area (Å²) in [5, 5.41) is 11.9. The Morgan fingerprint density at radius 1 is 1.10 bits per heavy atom. The zero-order valence-electron chi connectivity index (χ0n) is 11.8. The van der Waals surface area contributed by atoms with Gasteiger partial charge in [0.2, 0.25) is 0 Å². The Bertz CT molecular complexity index is 764. The van der Waals surface area contributed by atoms with Gasteiger partial charge in [0.15, 0.2) is 5.82 Å². The van der Waals surface area contributed by atoms with E-state index in [-0.39, 0.29) is 0 Å². The first-order chi connectivity index (χ1) is 10.2. The Labute approximate surface area is 122 Å². The maximum absolute atomic E-state index is 5.85. The number of aromatic nitrogens is 4. The molecule has 0 aliphatic carbocycles. The molecule has 0 aliphatic rings. The molecule has 0 fully saturated rings. The molecule has 0 atom stereocenters. The molecule has 3 rings (SSSR count). The van der Waals surface area contributed by atoms with Crippen LogP contribution in [0.1, 0.15) is 5.56 Å². The summed E-state index contributed by atoms with van der Waals surface area (Å²) in [6.45, 7) is 1.96. The molecule has 2 aromatic carbocycles. The monoisotopic (exact) mass is 281 g/mol. The van der Waals surface area contributed by atoms with Crippen LogP contribution in [0.4, 0.5) is 5.69 Å². The van der Waals surface area contributed by atoms with Crippen molar-refractivity contribution in [3.63, 3.8) is 0 Å². The van der Waals surface area contributed by atoms with E-state index in [0.717, 1.165) is 28.3 Å². The molecular weight excluding hydrogens is 266 g/mol. The summed E-state index contributed by atoms with van der Waals surface area (Å²) in [7, 11) is 1.63. The number of aryl methyl sites for hydroxylation is 1. The van der Waals surface area contributed by atoms with Crippen molar-refractivity contribution in [1.82, 2.24) is 20.2 Å². The lowest BCUT2D eigenvalue weighted by molar-refractivity contribution is 0.414. The first kappa shape index (κ1) is 13.1. The van der Waals surface area contributed by atoms with E-state index in [1.165, 1.54) is 0 Å². The Morgan fingerprint density at radius 2 is 1.86 bits per heavy atom. The van der Waals surface area contributed by atoms with Crippen molar-refractivity contribution in [2.45, 2.75) is 6.92 Å². The van der Waals surface area contributed by atoms with Gasteiger partial charge in [-0.15, -0.1) is 5.10 Å². The fourth-order valence-corrected chi connectivity index (χ4v) is 2.08. The van der Waals surface area contributed by atoms with Crippen molar-refractivity contribution in [1.29, 1.82) is 0 Å². The number of hydrogen-bond acceptors (Lipinski definition) is 5. The van der Waals surface area contributed by atoms with E-state index in [0.29, 0.717) is 5.82 Å². The summed E-state index contributed by atoms with van der Waals surface area (Å²) in [4.78, 5) is 0. The average Bonchev–Trinajstić information content (AvgIpc) is 2.99. The lowest BCUT2D eigenvalue weighted by atomic mass is 10.1. The molecule has 0 unspecified atom stereocenters. The largest absolute Gasteiger partial charge is 0.497 e. The van der Waals surface area contributed by atoms with Crippen molar-refractivity contribution in [2.75, 3.05) is 12.8 Å². The first-order valence-electron chi connectivity index (χ1n) is 6.48. The summed E-state index contributed by atoms with van der Waals surface area (Å²) >= 11 is 0. The summed E-state index contributed by atoms with van der Waals surface area (Å²) in [6, 6.07) is 13.3. The molecule has 0 saturated carbocycles. The third-order valence-electron chi connectivity index (χ3n) is 3.31. The van der Waals surface area contributed by atoms with Gasteiger partial charge in [-0.25, -0.2) is 0 Å². The molecule has 2 N–H and O–H groups in total. The molecule has 106 valence electrons. The molecular formula is C15H15N5O. The van der Waals surface area contributed by atoms with Gasteiger partial charge in [-0.1, -0.05) is 0 Å². The second-order valence-electron chi connectivity index (χ2n) is 4.68. The molecule has 21 heavy (non-hydrogen) atoms. The average molecular weight is 281 g/mol. The number of rotatable bonds is 3. The van der Waals surface area contributed by atoms with Gasteiger partial charge in [-0.2, -0.15) is 4.68 Å². The number of methoxy groups -OCH3 is 1. The molecule has 1 heterocycles. The van der Waals surface area contributed by atoms with Gasteiger partial charge in [-0.3, -0.25) is 0 Å². The normalized spacial score (nSPS) is 10.6. The minimum atomic E-state index is 0.670. The van der Waals surface area contributed by atoms with E-state index in [4.69, 9.17) is 10.5 Å². The van der Waals surface area contributed by atoms with E-state index < -0.39 is 0 Å². The molecule has 0 saturated heterocycles. The van der Waals surface area contributed by atoms with Crippen LogP contribution in [0, 0.1) is 6.92 Å². The molecule has 6 heteroatoms. The molecule has 0 aliphatic heterocycles. The number of nitrogens with zero attached hydrogens (tertiary/aromatic N) is 4. The van der Waals surface area contributed by atoms with Gasteiger partial charge in [0.05, 0.1) is 12.8 Å². The fourth-order valence-electron chi connectivity index (χ4n) is 2.08. The van der Waals surface area contributed by atoms with Crippen LogP contribution in [0.15, 0.2) is 42.5 Å². The number of anilines is 1. The standard InChI is InChI=1S/C15H15N5O/c1-10-9-11(3-8-14(10)16)15-17-18-19-20(15)12-4-6-13(21-2)7-5-12/h3-9H,16H2,1-2H3. The van der Waals surface area contributed by atoms with Crippen LogP contribution in [0.5, 0.6) is 5.75 Å². The molecule has 0 radical (unpaired) electrons. The highest BCUT2D eigenvalue weighted by Gasteiger charge is 2.11. The van der Waals surface area contributed by atoms with E-state index >= 15 is 0 Å². The Kier molecular flexibility index (Phi) is 3.27. The minimum Gasteiger partial charge on any atom is -0.497 e. The van der Waals surface area contributed by atoms with Crippen LogP contribution in [-0.4, -0.2) is 27.3 Å². The van der Waals surface area contributed by atoms with Crippen molar-refractivity contribution >= 4 is 5.69 Å². The van der Waals surface area contributed by atoms with Crippen LogP contribution < -0.4 is 10.5 Å². The topological polar surface area (TPSA) is 78.8 Å². The summed E-state index contributed by atoms with van der Waals surface area (Å²) in [6.07, 6.45) is 0. The maximum Gasteiger partial charge on any atom is 0.187 e. The lowest BCUT2D eigenvalue weighted by Crippen LogP contribution is -2.00. The zero-order chi connectivity index (χ0) is 14.8. The summed E-state index contributed by atoms with van der Waals surface area (Å²) in [5.74, 6) is 1.46. The van der Waals surface area contributed by atoms with Crippen LogP contribution >= 0.6 is 0 Å². The van der Waals surface area contributed by atoms with Crippen molar-refractivity contribution in [2.24, 2.45) is 0 Å². The van der Waals surface area contributed by atoms with Gasteiger partial charge in [0.25, 0.3) is 0 Å². The maximum atomic E-state index is 5.85. The fraction of sp³-hybridized carbons (Fsp3) is 0.133. The highest BCUT2D eigenvalue weighted by Crippen LogP contribution is 2.23. The van der Waals surface area contributed by atoms with Gasteiger partial charge >= 0.3 is 0 Å². The predicted molar refractivity (Wildman–Crippen MR) is 80.3 cm³/mol. The van der Waals surface area contributed by atoms with Crippen LogP contribution in [0.2, 0.25) is 0 Å². The first-order valence-corrected chi connectivity index (χ1v) is 6.48. The number of nitrogen functional groups attached to an aromatic ring is 1. The zero-order valence-corrected chi connectivity index (χ0v) is 11.8. The highest BCUT2D eigenvalue weighted by atomic mass is 16.5. The SMILES string of the molecule is COc1ccc(-n2nnnc2-c2ccc(N)c(C)c2)cc1. The van der Waals surface area contributed by atoms with Crippen molar-refractivity contribution in [3.05, 3.63) is 48.0 Å².